The van der Waals surface area contributed by atoms with Gasteiger partial charge in [0, 0.05) is 23.2 Å². The smallest absolute Gasteiger partial charge is 0.141 e. The van der Waals surface area contributed by atoms with E-state index in [4.69, 9.17) is 4.98 Å². The van der Waals surface area contributed by atoms with Crippen LogP contribution < -0.4 is 0 Å². The van der Waals surface area contributed by atoms with Gasteiger partial charge in [-0.2, -0.15) is 0 Å². The van der Waals surface area contributed by atoms with Gasteiger partial charge in [0.05, 0.1) is 11.0 Å². The van der Waals surface area contributed by atoms with E-state index in [1.807, 2.05) is 36.4 Å². The van der Waals surface area contributed by atoms with Crippen molar-refractivity contribution in [2.75, 3.05) is 0 Å². The largest absolute Gasteiger partial charge is 0.324 e. The minimum Gasteiger partial charge on any atom is -0.324 e. The Morgan fingerprint density at radius 2 is 1.42 bits per heavy atom. The van der Waals surface area contributed by atoms with Gasteiger partial charge in [-0.15, -0.1) is 0 Å². The number of hydrogen-bond acceptors (Lipinski definition) is 1. The first-order valence-electron chi connectivity index (χ1n) is 8.98. The normalized spacial score (nSPS) is 10.5. The van der Waals surface area contributed by atoms with Crippen LogP contribution >= 0.6 is 0 Å². The second-order valence-corrected chi connectivity index (χ2v) is 6.27. The van der Waals surface area contributed by atoms with Crippen molar-refractivity contribution >= 4 is 11.0 Å². The van der Waals surface area contributed by atoms with Gasteiger partial charge in [0.2, 0.25) is 0 Å². The van der Waals surface area contributed by atoms with E-state index >= 15 is 0 Å². The minimum absolute atomic E-state index is 0.964. The van der Waals surface area contributed by atoms with Crippen molar-refractivity contribution in [3.05, 3.63) is 90.0 Å². The van der Waals surface area contributed by atoms with Gasteiger partial charge in [-0.25, -0.2) is 4.98 Å². The van der Waals surface area contributed by atoms with E-state index in [-0.39, 0.29) is 0 Å². The summed E-state index contributed by atoms with van der Waals surface area (Å²) in [5.41, 5.74) is 5.40. The van der Waals surface area contributed by atoms with Gasteiger partial charge in [0.15, 0.2) is 0 Å². The van der Waals surface area contributed by atoms with Crippen LogP contribution in [0.2, 0.25) is 0 Å². The SMILES string of the molecule is CCCn1c(-c2ccc(C#Cc3ccccc3)cc2)nc2ccccc21. The maximum absolute atomic E-state index is 4.85. The molecule has 0 spiro atoms. The number of benzene rings is 3. The number of hydrogen-bond donors (Lipinski definition) is 0. The number of rotatable bonds is 3. The monoisotopic (exact) mass is 336 g/mol. The number of aromatic nitrogens is 2. The third-order valence-electron chi connectivity index (χ3n) is 4.37. The Morgan fingerprint density at radius 3 is 2.15 bits per heavy atom. The van der Waals surface area contributed by atoms with Gasteiger partial charge >= 0.3 is 0 Å². The Labute approximate surface area is 154 Å². The average molecular weight is 336 g/mol. The maximum Gasteiger partial charge on any atom is 0.141 e. The van der Waals surface area contributed by atoms with E-state index in [0.717, 1.165) is 41.0 Å². The molecule has 0 saturated heterocycles. The zero-order chi connectivity index (χ0) is 17.8. The van der Waals surface area contributed by atoms with Crippen molar-refractivity contribution in [3.63, 3.8) is 0 Å². The molecule has 0 amide bonds. The van der Waals surface area contributed by atoms with Crippen LogP contribution in [0.1, 0.15) is 24.5 Å². The molecule has 126 valence electrons. The lowest BCUT2D eigenvalue weighted by Crippen LogP contribution is -1.99. The molecule has 0 atom stereocenters. The van der Waals surface area contributed by atoms with E-state index in [9.17, 15) is 0 Å². The highest BCUT2D eigenvalue weighted by Crippen LogP contribution is 2.25. The fourth-order valence-corrected chi connectivity index (χ4v) is 3.11. The zero-order valence-corrected chi connectivity index (χ0v) is 14.8. The molecule has 0 bridgehead atoms. The van der Waals surface area contributed by atoms with Crippen molar-refractivity contribution in [1.82, 2.24) is 9.55 Å². The van der Waals surface area contributed by atoms with Crippen LogP contribution in [0.15, 0.2) is 78.9 Å². The first kappa shape index (κ1) is 16.2. The summed E-state index contributed by atoms with van der Waals surface area (Å²) in [6.45, 7) is 3.16. The number of imidazole rings is 1. The van der Waals surface area contributed by atoms with E-state index < -0.39 is 0 Å². The molecule has 1 heterocycles. The molecule has 4 rings (SSSR count). The highest BCUT2D eigenvalue weighted by molar-refractivity contribution is 5.80. The molecule has 2 heteroatoms. The topological polar surface area (TPSA) is 17.8 Å². The fourth-order valence-electron chi connectivity index (χ4n) is 3.11. The van der Waals surface area contributed by atoms with Gasteiger partial charge in [0.25, 0.3) is 0 Å². The lowest BCUT2D eigenvalue weighted by Gasteiger charge is -2.07. The molecule has 0 radical (unpaired) electrons. The molecule has 26 heavy (non-hydrogen) atoms. The van der Waals surface area contributed by atoms with Crippen LogP contribution in [0.25, 0.3) is 22.4 Å². The molecule has 0 unspecified atom stereocenters. The molecule has 0 N–H and O–H groups in total. The van der Waals surface area contributed by atoms with Gasteiger partial charge in [0.1, 0.15) is 5.82 Å². The van der Waals surface area contributed by atoms with Gasteiger partial charge < -0.3 is 4.57 Å². The second-order valence-electron chi connectivity index (χ2n) is 6.27. The lowest BCUT2D eigenvalue weighted by atomic mass is 10.1. The molecule has 3 aromatic carbocycles. The lowest BCUT2D eigenvalue weighted by molar-refractivity contribution is 0.704. The summed E-state index contributed by atoms with van der Waals surface area (Å²) in [5, 5.41) is 0. The molecule has 1 aromatic heterocycles. The first-order valence-corrected chi connectivity index (χ1v) is 8.98. The molecule has 0 aliphatic carbocycles. The third kappa shape index (κ3) is 3.25. The van der Waals surface area contributed by atoms with Crippen LogP contribution in [0.5, 0.6) is 0 Å². The van der Waals surface area contributed by atoms with Crippen molar-refractivity contribution in [1.29, 1.82) is 0 Å². The summed E-state index contributed by atoms with van der Waals surface area (Å²) in [4.78, 5) is 4.85. The van der Waals surface area contributed by atoms with Gasteiger partial charge in [-0.3, -0.25) is 0 Å². The molecule has 0 fully saturated rings. The van der Waals surface area contributed by atoms with Crippen LogP contribution in [-0.4, -0.2) is 9.55 Å². The number of para-hydroxylation sites is 2. The summed E-state index contributed by atoms with van der Waals surface area (Å²) < 4.78 is 2.31. The van der Waals surface area contributed by atoms with Crippen molar-refractivity contribution in [2.45, 2.75) is 19.9 Å². The zero-order valence-electron chi connectivity index (χ0n) is 14.8. The van der Waals surface area contributed by atoms with Gasteiger partial charge in [-0.1, -0.05) is 61.2 Å². The van der Waals surface area contributed by atoms with Crippen LogP contribution in [0, 0.1) is 11.8 Å². The van der Waals surface area contributed by atoms with E-state index in [2.05, 4.69) is 65.8 Å². The number of nitrogens with zero attached hydrogens (tertiary/aromatic N) is 2. The predicted molar refractivity (Wildman–Crippen MR) is 108 cm³/mol. The third-order valence-corrected chi connectivity index (χ3v) is 4.37. The molecule has 0 saturated carbocycles. The Balaban J connectivity index is 1.68. The van der Waals surface area contributed by atoms with E-state index in [1.165, 1.54) is 5.52 Å². The Hall–Kier alpha value is -3.31. The van der Waals surface area contributed by atoms with Crippen molar-refractivity contribution in [2.24, 2.45) is 0 Å². The Kier molecular flexibility index (Phi) is 4.53. The highest BCUT2D eigenvalue weighted by Gasteiger charge is 2.11. The van der Waals surface area contributed by atoms with Gasteiger partial charge in [-0.05, 0) is 42.8 Å². The molecule has 0 aliphatic heterocycles. The highest BCUT2D eigenvalue weighted by atomic mass is 15.1. The first-order chi connectivity index (χ1) is 12.8. The number of fused-ring (bicyclic) bond motifs is 1. The summed E-state index contributed by atoms with van der Waals surface area (Å²) in [5.74, 6) is 7.45. The Morgan fingerprint density at radius 1 is 0.769 bits per heavy atom. The standard InChI is InChI=1S/C24H20N2/c1-2-18-26-23-11-7-6-10-22(23)25-24(26)21-16-14-20(15-17-21)13-12-19-8-4-3-5-9-19/h3-11,14-17H,2,18H2,1H3. The molecular formula is C24H20N2. The van der Waals surface area contributed by atoms with Crippen LogP contribution in [-0.2, 0) is 6.54 Å². The predicted octanol–water partition coefficient (Wildman–Crippen LogP) is 5.51. The van der Waals surface area contributed by atoms with Crippen LogP contribution in [0.3, 0.4) is 0 Å². The molecular weight excluding hydrogens is 316 g/mol. The van der Waals surface area contributed by atoms with Crippen molar-refractivity contribution < 1.29 is 0 Å². The fraction of sp³-hybridized carbons (Fsp3) is 0.125. The summed E-state index contributed by atoms with van der Waals surface area (Å²) in [6, 6.07) is 26.8. The van der Waals surface area contributed by atoms with E-state index in [1.54, 1.807) is 0 Å². The van der Waals surface area contributed by atoms with Crippen LogP contribution in [0.4, 0.5) is 0 Å². The molecule has 4 aromatic rings. The maximum atomic E-state index is 4.85. The number of aryl methyl sites for hydroxylation is 1. The van der Waals surface area contributed by atoms with E-state index in [0.29, 0.717) is 0 Å². The Bertz CT molecular complexity index is 1080. The van der Waals surface area contributed by atoms with Crippen molar-refractivity contribution in [3.8, 4) is 23.2 Å². The summed E-state index contributed by atoms with van der Waals surface area (Å²) in [6.07, 6.45) is 1.08. The quantitative estimate of drug-likeness (QED) is 0.451. The average Bonchev–Trinajstić information content (AvgIpc) is 3.07. The minimum atomic E-state index is 0.964. The summed E-state index contributed by atoms with van der Waals surface area (Å²) in [7, 11) is 0. The summed E-state index contributed by atoms with van der Waals surface area (Å²) >= 11 is 0. The molecule has 2 nitrogen and oxygen atoms in total. The second kappa shape index (κ2) is 7.29. The molecule has 0 aliphatic rings.